The van der Waals surface area contributed by atoms with Crippen LogP contribution >= 0.6 is 0 Å². The molecule has 0 bridgehead atoms. The van der Waals surface area contributed by atoms with Gasteiger partial charge in [0.2, 0.25) is 0 Å². The maximum atomic E-state index is 12.3. The van der Waals surface area contributed by atoms with Gasteiger partial charge in [-0.15, -0.1) is 0 Å². The van der Waals surface area contributed by atoms with Gasteiger partial charge in [0.1, 0.15) is 6.04 Å². The van der Waals surface area contributed by atoms with Crippen LogP contribution in [-0.4, -0.2) is 31.1 Å². The maximum absolute atomic E-state index is 12.3. The Morgan fingerprint density at radius 1 is 1.05 bits per heavy atom. The van der Waals surface area contributed by atoms with Gasteiger partial charge < -0.3 is 4.74 Å². The van der Waals surface area contributed by atoms with Crippen LogP contribution in [0.4, 0.5) is 0 Å². The van der Waals surface area contributed by atoms with Crippen molar-refractivity contribution >= 4 is 5.97 Å². The summed E-state index contributed by atoms with van der Waals surface area (Å²) < 4.78 is 5.03. The predicted molar refractivity (Wildman–Crippen MR) is 82.4 cm³/mol. The molecule has 0 saturated carbocycles. The summed E-state index contributed by atoms with van der Waals surface area (Å²) in [6, 6.07) is 9.57. The molecule has 0 radical (unpaired) electrons. The molecule has 0 heterocycles. The normalized spacial score (nSPS) is 13.0. The second kappa shape index (κ2) is 8.05. The molecule has 0 aromatic heterocycles. The highest BCUT2D eigenvalue weighted by molar-refractivity contribution is 5.77. The van der Waals surface area contributed by atoms with E-state index in [-0.39, 0.29) is 12.0 Å². The highest BCUT2D eigenvalue weighted by atomic mass is 16.5. The molecular weight excluding hydrogens is 250 g/mol. The van der Waals surface area contributed by atoms with E-state index in [4.69, 9.17) is 4.74 Å². The van der Waals surface area contributed by atoms with Gasteiger partial charge in [0.15, 0.2) is 0 Å². The van der Waals surface area contributed by atoms with Crippen LogP contribution in [0.15, 0.2) is 30.3 Å². The minimum absolute atomic E-state index is 0.183. The van der Waals surface area contributed by atoms with Crippen molar-refractivity contribution in [2.75, 3.05) is 20.2 Å². The van der Waals surface area contributed by atoms with Gasteiger partial charge in [-0.3, -0.25) is 4.90 Å². The van der Waals surface area contributed by atoms with Crippen LogP contribution < -0.4 is 0 Å². The molecule has 0 fully saturated rings. The van der Waals surface area contributed by atoms with Gasteiger partial charge in [0.05, 0.1) is 7.11 Å². The molecule has 1 aromatic rings. The third kappa shape index (κ3) is 4.97. The number of nitrogens with zero attached hydrogens (tertiary/aromatic N) is 1. The molecule has 0 aliphatic rings. The van der Waals surface area contributed by atoms with E-state index in [0.717, 1.165) is 18.7 Å². The Morgan fingerprint density at radius 2 is 1.55 bits per heavy atom. The summed E-state index contributed by atoms with van der Waals surface area (Å²) in [6.07, 6.45) is 0. The lowest BCUT2D eigenvalue weighted by atomic mass is 10.0. The number of esters is 1. The zero-order chi connectivity index (χ0) is 15.1. The summed E-state index contributed by atoms with van der Waals surface area (Å²) in [5.41, 5.74) is 1.00. The summed E-state index contributed by atoms with van der Waals surface area (Å²) in [5, 5.41) is 0. The average Bonchev–Trinajstić information content (AvgIpc) is 2.38. The second-order valence-corrected chi connectivity index (χ2v) is 6.08. The Bertz CT molecular complexity index is 391. The molecule has 1 unspecified atom stereocenters. The van der Waals surface area contributed by atoms with Gasteiger partial charge in [-0.05, 0) is 17.4 Å². The standard InChI is InChI=1S/C17H27NO2/c1-13(2)11-18(12-14(3)4)16(17(19)20-5)15-9-7-6-8-10-15/h6-10,13-14,16H,11-12H2,1-5H3. The van der Waals surface area contributed by atoms with Crippen molar-refractivity contribution in [3.05, 3.63) is 35.9 Å². The monoisotopic (exact) mass is 277 g/mol. The molecule has 1 atom stereocenters. The van der Waals surface area contributed by atoms with Gasteiger partial charge in [0.25, 0.3) is 0 Å². The van der Waals surface area contributed by atoms with E-state index >= 15 is 0 Å². The SMILES string of the molecule is COC(=O)C(c1ccccc1)N(CC(C)C)CC(C)C. The first-order chi connectivity index (χ1) is 9.45. The van der Waals surface area contributed by atoms with Crippen LogP contribution in [0.5, 0.6) is 0 Å². The zero-order valence-electron chi connectivity index (χ0n) is 13.3. The molecule has 0 aliphatic heterocycles. The van der Waals surface area contributed by atoms with Gasteiger partial charge in [-0.1, -0.05) is 58.0 Å². The molecule has 0 spiro atoms. The third-order valence-electron chi connectivity index (χ3n) is 3.10. The minimum Gasteiger partial charge on any atom is -0.468 e. The summed E-state index contributed by atoms with van der Waals surface area (Å²) in [6.45, 7) is 10.5. The van der Waals surface area contributed by atoms with Crippen molar-refractivity contribution in [1.29, 1.82) is 0 Å². The van der Waals surface area contributed by atoms with Crippen LogP contribution in [-0.2, 0) is 9.53 Å². The first-order valence-corrected chi connectivity index (χ1v) is 7.32. The Balaban J connectivity index is 3.07. The molecular formula is C17H27NO2. The topological polar surface area (TPSA) is 29.5 Å². The molecule has 3 heteroatoms. The Morgan fingerprint density at radius 3 is 1.95 bits per heavy atom. The summed E-state index contributed by atoms with van der Waals surface area (Å²) in [7, 11) is 1.46. The van der Waals surface area contributed by atoms with Crippen LogP contribution in [0.2, 0.25) is 0 Å². The van der Waals surface area contributed by atoms with Crippen molar-refractivity contribution in [3.63, 3.8) is 0 Å². The number of carbonyl (C=O) groups is 1. The van der Waals surface area contributed by atoms with E-state index < -0.39 is 0 Å². The van der Waals surface area contributed by atoms with Crippen LogP contribution in [0, 0.1) is 11.8 Å². The number of hydrogen-bond donors (Lipinski definition) is 0. The van der Waals surface area contributed by atoms with E-state index in [2.05, 4.69) is 32.6 Å². The maximum Gasteiger partial charge on any atom is 0.327 e. The highest BCUT2D eigenvalue weighted by Crippen LogP contribution is 2.24. The lowest BCUT2D eigenvalue weighted by molar-refractivity contribution is -0.147. The van der Waals surface area contributed by atoms with Crippen molar-refractivity contribution in [1.82, 2.24) is 4.90 Å². The largest absolute Gasteiger partial charge is 0.468 e. The summed E-state index contributed by atoms with van der Waals surface area (Å²) in [5.74, 6) is 0.826. The number of ether oxygens (including phenoxy) is 1. The minimum atomic E-state index is -0.314. The van der Waals surface area contributed by atoms with Crippen molar-refractivity contribution in [2.45, 2.75) is 33.7 Å². The molecule has 112 valence electrons. The number of rotatable bonds is 7. The Hall–Kier alpha value is -1.35. The van der Waals surface area contributed by atoms with E-state index in [1.165, 1.54) is 7.11 Å². The number of carbonyl (C=O) groups excluding carboxylic acids is 1. The first kappa shape index (κ1) is 16.7. The Labute approximate surface area is 122 Å². The molecule has 0 saturated heterocycles. The van der Waals surface area contributed by atoms with Gasteiger partial charge >= 0.3 is 5.97 Å². The van der Waals surface area contributed by atoms with E-state index in [9.17, 15) is 4.79 Å². The fourth-order valence-corrected chi connectivity index (χ4v) is 2.47. The van der Waals surface area contributed by atoms with Gasteiger partial charge in [0, 0.05) is 13.1 Å². The Kier molecular flexibility index (Phi) is 6.73. The van der Waals surface area contributed by atoms with E-state index in [0.29, 0.717) is 11.8 Å². The molecule has 0 amide bonds. The lowest BCUT2D eigenvalue weighted by Crippen LogP contribution is -2.39. The highest BCUT2D eigenvalue weighted by Gasteiger charge is 2.29. The van der Waals surface area contributed by atoms with Gasteiger partial charge in [-0.25, -0.2) is 4.79 Å². The first-order valence-electron chi connectivity index (χ1n) is 7.32. The summed E-state index contributed by atoms with van der Waals surface area (Å²) in [4.78, 5) is 14.5. The van der Waals surface area contributed by atoms with Crippen LogP contribution in [0.3, 0.4) is 0 Å². The predicted octanol–water partition coefficient (Wildman–Crippen LogP) is 3.51. The number of hydrogen-bond acceptors (Lipinski definition) is 3. The van der Waals surface area contributed by atoms with Gasteiger partial charge in [-0.2, -0.15) is 0 Å². The lowest BCUT2D eigenvalue weighted by Gasteiger charge is -2.32. The number of methoxy groups -OCH3 is 1. The average molecular weight is 277 g/mol. The fourth-order valence-electron chi connectivity index (χ4n) is 2.47. The van der Waals surface area contributed by atoms with Crippen molar-refractivity contribution in [2.24, 2.45) is 11.8 Å². The molecule has 3 nitrogen and oxygen atoms in total. The quantitative estimate of drug-likeness (QED) is 0.714. The third-order valence-corrected chi connectivity index (χ3v) is 3.10. The van der Waals surface area contributed by atoms with E-state index in [1.54, 1.807) is 0 Å². The fraction of sp³-hybridized carbons (Fsp3) is 0.588. The molecule has 1 rings (SSSR count). The molecule has 1 aromatic carbocycles. The second-order valence-electron chi connectivity index (χ2n) is 6.08. The molecule has 0 aliphatic carbocycles. The van der Waals surface area contributed by atoms with Crippen molar-refractivity contribution < 1.29 is 9.53 Å². The smallest absolute Gasteiger partial charge is 0.327 e. The van der Waals surface area contributed by atoms with E-state index in [1.807, 2.05) is 30.3 Å². The number of benzene rings is 1. The molecule has 20 heavy (non-hydrogen) atoms. The van der Waals surface area contributed by atoms with Crippen molar-refractivity contribution in [3.8, 4) is 0 Å². The van der Waals surface area contributed by atoms with Crippen LogP contribution in [0.1, 0.15) is 39.3 Å². The van der Waals surface area contributed by atoms with Crippen LogP contribution in [0.25, 0.3) is 0 Å². The zero-order valence-corrected chi connectivity index (χ0v) is 13.3. The molecule has 0 N–H and O–H groups in total. The summed E-state index contributed by atoms with van der Waals surface area (Å²) >= 11 is 0.